The van der Waals surface area contributed by atoms with Gasteiger partial charge in [-0.3, -0.25) is 14.5 Å². The number of benzene rings is 1. The van der Waals surface area contributed by atoms with E-state index in [9.17, 15) is 9.59 Å². The average Bonchev–Trinajstić information content (AvgIpc) is 2.49. The van der Waals surface area contributed by atoms with E-state index in [1.54, 1.807) is 0 Å². The van der Waals surface area contributed by atoms with Gasteiger partial charge in [0.1, 0.15) is 11.6 Å². The van der Waals surface area contributed by atoms with Gasteiger partial charge in [-0.15, -0.1) is 0 Å². The maximum Gasteiger partial charge on any atom is 0.140 e. The van der Waals surface area contributed by atoms with E-state index >= 15 is 0 Å². The molecule has 0 bridgehead atoms. The van der Waals surface area contributed by atoms with E-state index in [1.165, 1.54) is 11.3 Å². The van der Waals surface area contributed by atoms with Crippen molar-refractivity contribution in [3.05, 3.63) is 29.8 Å². The predicted molar refractivity (Wildman–Crippen MR) is 91.6 cm³/mol. The number of anilines is 1. The molecule has 3 rings (SSSR count). The molecular formula is C19H26N2O2. The van der Waals surface area contributed by atoms with E-state index in [0.717, 1.165) is 32.5 Å². The number of carbonyl (C=O) groups excluding carboxylic acids is 2. The van der Waals surface area contributed by atoms with Gasteiger partial charge in [0.2, 0.25) is 0 Å². The minimum atomic E-state index is -0.0301. The Kier molecular flexibility index (Phi) is 4.53. The Morgan fingerprint density at radius 2 is 1.57 bits per heavy atom. The zero-order chi connectivity index (χ0) is 16.4. The fourth-order valence-electron chi connectivity index (χ4n) is 3.94. The van der Waals surface area contributed by atoms with Crippen molar-refractivity contribution in [1.82, 2.24) is 4.90 Å². The van der Waals surface area contributed by atoms with Crippen molar-refractivity contribution in [3.8, 4) is 0 Å². The first kappa shape index (κ1) is 16.2. The highest BCUT2D eigenvalue weighted by atomic mass is 16.1. The van der Waals surface area contributed by atoms with Crippen molar-refractivity contribution < 1.29 is 9.59 Å². The Labute approximate surface area is 138 Å². The molecule has 0 radical (unpaired) electrons. The van der Waals surface area contributed by atoms with Gasteiger partial charge >= 0.3 is 0 Å². The summed E-state index contributed by atoms with van der Waals surface area (Å²) in [6, 6.07) is 8.68. The lowest BCUT2D eigenvalue weighted by Gasteiger charge is -2.43. The molecule has 0 aromatic heterocycles. The van der Waals surface area contributed by atoms with Crippen molar-refractivity contribution in [2.45, 2.75) is 38.6 Å². The third kappa shape index (κ3) is 3.81. The molecule has 1 saturated carbocycles. The molecule has 124 valence electrons. The van der Waals surface area contributed by atoms with Gasteiger partial charge in [0, 0.05) is 39.2 Å². The standard InChI is InChI=1S/C19H26N2O2/c1-20(2)16-5-3-15(4-6-16)14-21-9-7-19(8-10-21)12-17(22)11-18(23)13-19/h3-6H,7-14H2,1-2H3. The maximum absolute atomic E-state index is 11.8. The van der Waals surface area contributed by atoms with Crippen molar-refractivity contribution in [3.63, 3.8) is 0 Å². The van der Waals surface area contributed by atoms with Crippen LogP contribution in [-0.4, -0.2) is 43.7 Å². The van der Waals surface area contributed by atoms with Gasteiger partial charge in [-0.05, 0) is 49.0 Å². The van der Waals surface area contributed by atoms with Crippen molar-refractivity contribution in [1.29, 1.82) is 0 Å². The quantitative estimate of drug-likeness (QED) is 0.804. The second kappa shape index (κ2) is 6.44. The Morgan fingerprint density at radius 3 is 2.09 bits per heavy atom. The molecular weight excluding hydrogens is 288 g/mol. The van der Waals surface area contributed by atoms with Crippen LogP contribution in [0.1, 0.15) is 37.7 Å². The number of Topliss-reactive ketones (excluding diaryl/α,β-unsaturated/α-hetero) is 2. The van der Waals surface area contributed by atoms with Crippen LogP contribution in [0.5, 0.6) is 0 Å². The summed E-state index contributed by atoms with van der Waals surface area (Å²) in [5, 5.41) is 0. The molecule has 2 fully saturated rings. The number of rotatable bonds is 3. The lowest BCUT2D eigenvalue weighted by Crippen LogP contribution is -2.44. The number of likely N-dealkylation sites (tertiary alicyclic amines) is 1. The summed E-state index contributed by atoms with van der Waals surface area (Å²) in [5.74, 6) is 0.294. The largest absolute Gasteiger partial charge is 0.378 e. The van der Waals surface area contributed by atoms with Gasteiger partial charge in [-0.1, -0.05) is 12.1 Å². The van der Waals surface area contributed by atoms with E-state index < -0.39 is 0 Å². The molecule has 23 heavy (non-hydrogen) atoms. The van der Waals surface area contributed by atoms with Gasteiger partial charge in [0.05, 0.1) is 6.42 Å². The summed E-state index contributed by atoms with van der Waals surface area (Å²) in [6.45, 7) is 2.91. The highest BCUT2D eigenvalue weighted by molar-refractivity contribution is 6.02. The first-order valence-corrected chi connectivity index (χ1v) is 8.48. The van der Waals surface area contributed by atoms with Crippen LogP contribution in [0.15, 0.2) is 24.3 Å². The zero-order valence-corrected chi connectivity index (χ0v) is 14.2. The van der Waals surface area contributed by atoms with Crippen LogP contribution in [0, 0.1) is 5.41 Å². The maximum atomic E-state index is 11.8. The molecule has 1 saturated heterocycles. The van der Waals surface area contributed by atoms with Gasteiger partial charge in [-0.25, -0.2) is 0 Å². The van der Waals surface area contributed by atoms with Crippen molar-refractivity contribution in [2.24, 2.45) is 5.41 Å². The molecule has 0 N–H and O–H groups in total. The third-order valence-electron chi connectivity index (χ3n) is 5.31. The lowest BCUT2D eigenvalue weighted by atomic mass is 9.67. The fraction of sp³-hybridized carbons (Fsp3) is 0.579. The zero-order valence-electron chi connectivity index (χ0n) is 14.2. The second-order valence-corrected chi connectivity index (χ2v) is 7.44. The van der Waals surface area contributed by atoms with E-state index in [2.05, 4.69) is 34.1 Å². The summed E-state index contributed by atoms with van der Waals surface area (Å²) in [7, 11) is 4.09. The molecule has 1 spiro atoms. The molecule has 1 aliphatic heterocycles. The molecule has 1 aromatic rings. The lowest BCUT2D eigenvalue weighted by molar-refractivity contribution is -0.135. The van der Waals surface area contributed by atoms with Gasteiger partial charge in [0.25, 0.3) is 0 Å². The van der Waals surface area contributed by atoms with Crippen molar-refractivity contribution >= 4 is 17.3 Å². The topological polar surface area (TPSA) is 40.6 Å². The summed E-state index contributed by atoms with van der Waals surface area (Å²) in [6.07, 6.45) is 3.35. The number of hydrogen-bond acceptors (Lipinski definition) is 4. The van der Waals surface area contributed by atoms with Gasteiger partial charge in [-0.2, -0.15) is 0 Å². The van der Waals surface area contributed by atoms with Crippen LogP contribution in [0.3, 0.4) is 0 Å². The summed E-state index contributed by atoms with van der Waals surface area (Å²) >= 11 is 0. The monoisotopic (exact) mass is 314 g/mol. The molecule has 2 aliphatic rings. The molecule has 4 nitrogen and oxygen atoms in total. The molecule has 4 heteroatoms. The number of piperidine rings is 1. The van der Waals surface area contributed by atoms with Gasteiger partial charge < -0.3 is 4.90 Å². The number of nitrogens with zero attached hydrogens (tertiary/aromatic N) is 2. The Balaban J connectivity index is 1.56. The molecule has 1 heterocycles. The first-order chi connectivity index (χ1) is 11.0. The van der Waals surface area contributed by atoms with Crippen LogP contribution in [-0.2, 0) is 16.1 Å². The summed E-state index contributed by atoms with van der Waals surface area (Å²) in [5.41, 5.74) is 2.51. The second-order valence-electron chi connectivity index (χ2n) is 7.44. The van der Waals surface area contributed by atoms with Gasteiger partial charge in [0.15, 0.2) is 0 Å². The smallest absolute Gasteiger partial charge is 0.140 e. The fourth-order valence-corrected chi connectivity index (χ4v) is 3.94. The van der Waals surface area contributed by atoms with Crippen LogP contribution >= 0.6 is 0 Å². The van der Waals surface area contributed by atoms with Crippen LogP contribution in [0.2, 0.25) is 0 Å². The van der Waals surface area contributed by atoms with Crippen LogP contribution in [0.25, 0.3) is 0 Å². The highest BCUT2D eigenvalue weighted by Gasteiger charge is 2.41. The third-order valence-corrected chi connectivity index (χ3v) is 5.31. The predicted octanol–water partition coefficient (Wildman–Crippen LogP) is 2.66. The molecule has 1 aliphatic carbocycles. The molecule has 0 unspecified atom stereocenters. The number of carbonyl (C=O) groups is 2. The summed E-state index contributed by atoms with van der Waals surface area (Å²) in [4.78, 5) is 28.1. The van der Waals surface area contributed by atoms with Crippen molar-refractivity contribution in [2.75, 3.05) is 32.1 Å². The van der Waals surface area contributed by atoms with Crippen LogP contribution < -0.4 is 4.90 Å². The molecule has 0 amide bonds. The first-order valence-electron chi connectivity index (χ1n) is 8.48. The minimum Gasteiger partial charge on any atom is -0.378 e. The van der Waals surface area contributed by atoms with E-state index in [0.29, 0.717) is 12.8 Å². The minimum absolute atomic E-state index is 0.0301. The Hall–Kier alpha value is -1.68. The normalized spacial score (nSPS) is 21.7. The number of hydrogen-bond donors (Lipinski definition) is 0. The van der Waals surface area contributed by atoms with E-state index in [1.807, 2.05) is 14.1 Å². The average molecular weight is 314 g/mol. The van der Waals surface area contributed by atoms with E-state index in [-0.39, 0.29) is 23.4 Å². The van der Waals surface area contributed by atoms with Crippen LogP contribution in [0.4, 0.5) is 5.69 Å². The Morgan fingerprint density at radius 1 is 1.00 bits per heavy atom. The molecule has 0 atom stereocenters. The molecule has 1 aromatic carbocycles. The summed E-state index contributed by atoms with van der Waals surface area (Å²) < 4.78 is 0. The SMILES string of the molecule is CN(C)c1ccc(CN2CCC3(CC2)CC(=O)CC(=O)C3)cc1. The number of ketones is 2. The Bertz CT molecular complexity index is 566. The van der Waals surface area contributed by atoms with E-state index in [4.69, 9.17) is 0 Å². The highest BCUT2D eigenvalue weighted by Crippen LogP contribution is 2.42.